The van der Waals surface area contributed by atoms with Gasteiger partial charge in [-0.15, -0.1) is 11.3 Å². The van der Waals surface area contributed by atoms with Crippen molar-refractivity contribution in [3.63, 3.8) is 0 Å². The second-order valence-corrected chi connectivity index (χ2v) is 9.87. The third-order valence-corrected chi connectivity index (χ3v) is 7.19. The van der Waals surface area contributed by atoms with Gasteiger partial charge in [0.2, 0.25) is 0 Å². The molecule has 0 amide bonds. The number of phenols is 1. The zero-order valence-corrected chi connectivity index (χ0v) is 20.0. The van der Waals surface area contributed by atoms with Gasteiger partial charge in [-0.2, -0.15) is 8.42 Å². The maximum atomic E-state index is 13.7. The molecule has 0 bridgehead atoms. The highest BCUT2D eigenvalue weighted by atomic mass is 35.5. The molecule has 2 aromatic heterocycles. The number of methoxy groups -OCH3 is 1. The fraction of sp³-hybridized carbons (Fsp3) is 0.0909. The van der Waals surface area contributed by atoms with E-state index in [-0.39, 0.29) is 27.5 Å². The summed E-state index contributed by atoms with van der Waals surface area (Å²) in [5.41, 5.74) is 2.05. The van der Waals surface area contributed by atoms with Crippen LogP contribution in [0.3, 0.4) is 0 Å². The van der Waals surface area contributed by atoms with Crippen LogP contribution >= 0.6 is 22.9 Å². The number of phenolic OH excluding ortho intramolecular Hbond substituents is 1. The second kappa shape index (κ2) is 9.84. The number of nitrogens with one attached hydrogen (secondary N) is 2. The normalized spacial score (nSPS) is 11.3. The lowest BCUT2D eigenvalue weighted by Crippen LogP contribution is -2.14. The van der Waals surface area contributed by atoms with E-state index in [1.807, 2.05) is 0 Å². The topological polar surface area (TPSA) is 113 Å². The standard InChI is InChI=1S/C22H18ClFN4O4S2/c1-32-19-4-2-3-14(21(19)29)10-25-15-6-8-20(26-11-15)34(30,31)28-22-27-18(12-33-22)13-5-7-16(23)17(24)9-13/h2-9,11-12,25,29H,10H2,1H3,(H,27,28). The summed E-state index contributed by atoms with van der Waals surface area (Å²) in [6.45, 7) is 0.280. The Morgan fingerprint density at radius 3 is 2.74 bits per heavy atom. The number of hydrogen-bond donors (Lipinski definition) is 3. The molecule has 0 fully saturated rings. The summed E-state index contributed by atoms with van der Waals surface area (Å²) in [6, 6.07) is 12.3. The molecule has 0 unspecified atom stereocenters. The first kappa shape index (κ1) is 23.7. The summed E-state index contributed by atoms with van der Waals surface area (Å²) in [5, 5.41) is 14.7. The van der Waals surface area contributed by atoms with E-state index in [1.54, 1.807) is 35.7 Å². The van der Waals surface area contributed by atoms with Gasteiger partial charge in [0.15, 0.2) is 21.7 Å². The molecule has 0 saturated heterocycles. The molecule has 2 aromatic carbocycles. The van der Waals surface area contributed by atoms with E-state index in [1.165, 1.54) is 31.5 Å². The number of thiazole rings is 1. The van der Waals surface area contributed by atoms with Crippen molar-refractivity contribution < 1.29 is 22.7 Å². The number of aromatic nitrogens is 2. The molecule has 4 rings (SSSR count). The second-order valence-electron chi connectivity index (χ2n) is 6.98. The average molecular weight is 521 g/mol. The number of halogens is 2. The average Bonchev–Trinajstić information content (AvgIpc) is 3.28. The first-order valence-corrected chi connectivity index (χ1v) is 12.5. The molecule has 0 radical (unpaired) electrons. The minimum Gasteiger partial charge on any atom is -0.504 e. The van der Waals surface area contributed by atoms with Crippen molar-refractivity contribution >= 4 is 43.8 Å². The van der Waals surface area contributed by atoms with Crippen LogP contribution in [0.4, 0.5) is 15.2 Å². The lowest BCUT2D eigenvalue weighted by atomic mass is 10.2. The molecule has 34 heavy (non-hydrogen) atoms. The van der Waals surface area contributed by atoms with Crippen LogP contribution in [0.15, 0.2) is 65.1 Å². The van der Waals surface area contributed by atoms with Gasteiger partial charge in [-0.05, 0) is 30.3 Å². The van der Waals surface area contributed by atoms with E-state index >= 15 is 0 Å². The van der Waals surface area contributed by atoms with Crippen molar-refractivity contribution in [1.29, 1.82) is 0 Å². The lowest BCUT2D eigenvalue weighted by Gasteiger charge is -2.11. The quantitative estimate of drug-likeness (QED) is 0.295. The van der Waals surface area contributed by atoms with E-state index in [4.69, 9.17) is 16.3 Å². The van der Waals surface area contributed by atoms with Crippen LogP contribution in [0.2, 0.25) is 5.02 Å². The van der Waals surface area contributed by atoms with E-state index in [2.05, 4.69) is 20.0 Å². The highest BCUT2D eigenvalue weighted by Crippen LogP contribution is 2.30. The van der Waals surface area contributed by atoms with Gasteiger partial charge < -0.3 is 15.2 Å². The number of hydrogen-bond acceptors (Lipinski definition) is 8. The number of nitrogens with zero attached hydrogens (tertiary/aromatic N) is 2. The van der Waals surface area contributed by atoms with Gasteiger partial charge in [0, 0.05) is 23.1 Å². The Labute approximate surface area is 204 Å². The van der Waals surface area contributed by atoms with E-state index in [9.17, 15) is 17.9 Å². The van der Waals surface area contributed by atoms with Crippen LogP contribution in [0.25, 0.3) is 11.3 Å². The van der Waals surface area contributed by atoms with Crippen molar-refractivity contribution in [2.24, 2.45) is 0 Å². The molecule has 0 saturated carbocycles. The minimum atomic E-state index is -3.99. The molecule has 0 aliphatic carbocycles. The van der Waals surface area contributed by atoms with Gasteiger partial charge >= 0.3 is 0 Å². The Morgan fingerprint density at radius 2 is 2.03 bits per heavy atom. The summed E-state index contributed by atoms with van der Waals surface area (Å²) < 4.78 is 46.6. The summed E-state index contributed by atoms with van der Waals surface area (Å²) in [7, 11) is -2.52. The fourth-order valence-corrected chi connectivity index (χ4v) is 5.01. The summed E-state index contributed by atoms with van der Waals surface area (Å²) in [4.78, 5) is 8.22. The monoisotopic (exact) mass is 520 g/mol. The smallest absolute Gasteiger partial charge is 0.281 e. The van der Waals surface area contributed by atoms with Gasteiger partial charge in [0.1, 0.15) is 5.82 Å². The largest absolute Gasteiger partial charge is 0.504 e. The number of para-hydroxylation sites is 1. The van der Waals surface area contributed by atoms with Crippen molar-refractivity contribution in [3.8, 4) is 22.8 Å². The number of pyridine rings is 1. The maximum Gasteiger partial charge on any atom is 0.281 e. The summed E-state index contributed by atoms with van der Waals surface area (Å²) in [6.07, 6.45) is 1.37. The fourth-order valence-electron chi connectivity index (χ4n) is 2.99. The molecular weight excluding hydrogens is 503 g/mol. The molecule has 0 atom stereocenters. The lowest BCUT2D eigenvalue weighted by molar-refractivity contribution is 0.371. The van der Waals surface area contributed by atoms with Crippen LogP contribution in [-0.4, -0.2) is 30.6 Å². The molecule has 2 heterocycles. The van der Waals surface area contributed by atoms with Gasteiger partial charge in [0.05, 0.1) is 29.7 Å². The van der Waals surface area contributed by atoms with Crippen molar-refractivity contribution in [1.82, 2.24) is 9.97 Å². The Hall–Kier alpha value is -3.41. The highest BCUT2D eigenvalue weighted by molar-refractivity contribution is 7.92. The predicted octanol–water partition coefficient (Wildman–Crippen LogP) is 5.12. The number of sulfonamides is 1. The van der Waals surface area contributed by atoms with Gasteiger partial charge in [-0.1, -0.05) is 29.8 Å². The number of benzene rings is 2. The molecule has 12 heteroatoms. The molecule has 8 nitrogen and oxygen atoms in total. The molecule has 4 aromatic rings. The Morgan fingerprint density at radius 1 is 1.21 bits per heavy atom. The Balaban J connectivity index is 1.43. The van der Waals surface area contributed by atoms with Crippen molar-refractivity contribution in [2.45, 2.75) is 11.6 Å². The van der Waals surface area contributed by atoms with E-state index in [0.717, 1.165) is 11.3 Å². The zero-order valence-electron chi connectivity index (χ0n) is 17.6. The molecule has 3 N–H and O–H groups in total. The molecule has 0 aliphatic heterocycles. The number of rotatable bonds is 8. The first-order valence-electron chi connectivity index (χ1n) is 9.75. The van der Waals surface area contributed by atoms with Gasteiger partial charge in [-0.25, -0.2) is 14.4 Å². The number of anilines is 2. The molecule has 0 spiro atoms. The van der Waals surface area contributed by atoms with E-state index < -0.39 is 15.8 Å². The van der Waals surface area contributed by atoms with Crippen molar-refractivity contribution in [2.75, 3.05) is 17.1 Å². The number of aromatic hydroxyl groups is 1. The van der Waals surface area contributed by atoms with Gasteiger partial charge in [0.25, 0.3) is 10.0 Å². The van der Waals surface area contributed by atoms with Gasteiger partial charge in [-0.3, -0.25) is 4.72 Å². The maximum absolute atomic E-state index is 13.7. The summed E-state index contributed by atoms with van der Waals surface area (Å²) >= 11 is 6.76. The third-order valence-electron chi connectivity index (χ3n) is 4.74. The van der Waals surface area contributed by atoms with E-state index in [0.29, 0.717) is 28.3 Å². The Kier molecular flexibility index (Phi) is 6.87. The number of ether oxygens (including phenoxy) is 1. The van der Waals surface area contributed by atoms with Crippen LogP contribution < -0.4 is 14.8 Å². The Bertz CT molecular complexity index is 1430. The van der Waals surface area contributed by atoms with Crippen molar-refractivity contribution in [3.05, 3.63) is 76.5 Å². The summed E-state index contributed by atoms with van der Waals surface area (Å²) in [5.74, 6) is -0.205. The van der Waals surface area contributed by atoms with Crippen LogP contribution in [0.1, 0.15) is 5.56 Å². The SMILES string of the molecule is COc1cccc(CNc2ccc(S(=O)(=O)Nc3nc(-c4ccc(Cl)c(F)c4)cs3)nc2)c1O. The molecular formula is C22H18ClFN4O4S2. The predicted molar refractivity (Wildman–Crippen MR) is 130 cm³/mol. The third kappa shape index (κ3) is 5.22. The zero-order chi connectivity index (χ0) is 24.3. The van der Waals surface area contributed by atoms with Crippen LogP contribution in [0.5, 0.6) is 11.5 Å². The highest BCUT2D eigenvalue weighted by Gasteiger charge is 2.18. The molecule has 0 aliphatic rings. The van der Waals surface area contributed by atoms with Crippen LogP contribution in [-0.2, 0) is 16.6 Å². The minimum absolute atomic E-state index is 0.00999. The first-order chi connectivity index (χ1) is 16.3. The molecule has 176 valence electrons. The van der Waals surface area contributed by atoms with Crippen LogP contribution in [0, 0.1) is 5.82 Å².